The van der Waals surface area contributed by atoms with Crippen LogP contribution in [0, 0.1) is 25.5 Å². The molecular weight excluding hydrogens is 324 g/mol. The predicted molar refractivity (Wildman–Crippen MR) is 75.3 cm³/mol. The molecule has 0 aliphatic heterocycles. The molecular formula is C15H11F2N3O4. The number of aromatic nitrogens is 3. The molecule has 0 saturated carbocycles. The van der Waals surface area contributed by atoms with Crippen molar-refractivity contribution in [3.63, 3.8) is 0 Å². The van der Waals surface area contributed by atoms with E-state index in [9.17, 15) is 13.6 Å². The molecule has 0 atom stereocenters. The van der Waals surface area contributed by atoms with Crippen LogP contribution in [0.1, 0.15) is 27.6 Å². The van der Waals surface area contributed by atoms with Crippen LogP contribution in [-0.4, -0.2) is 21.6 Å². The van der Waals surface area contributed by atoms with Gasteiger partial charge in [0.1, 0.15) is 17.1 Å². The zero-order chi connectivity index (χ0) is 17.3. The lowest BCUT2D eigenvalue weighted by Crippen LogP contribution is -2.02. The second-order valence-corrected chi connectivity index (χ2v) is 4.89. The molecule has 0 unspecified atom stereocenters. The Morgan fingerprint density at radius 3 is 2.67 bits per heavy atom. The van der Waals surface area contributed by atoms with Crippen molar-refractivity contribution in [2.24, 2.45) is 0 Å². The van der Waals surface area contributed by atoms with Crippen LogP contribution in [0.25, 0.3) is 11.5 Å². The van der Waals surface area contributed by atoms with Gasteiger partial charge in [-0.3, -0.25) is 4.79 Å². The average Bonchev–Trinajstić information content (AvgIpc) is 3.13. The number of rotatable bonds is 5. The summed E-state index contributed by atoms with van der Waals surface area (Å²) in [7, 11) is 0. The number of hydrogen-bond donors (Lipinski definition) is 0. The standard InChI is InChI=1S/C15H11F2N3O4/c1-7-13(8(2)23-19-7)15-18-12(20-24-15)6-22-11-4-3-10(16)9(5-21)14(11)17/h3-5H,6H2,1-2H3. The van der Waals surface area contributed by atoms with Gasteiger partial charge in [0.05, 0.1) is 11.3 Å². The van der Waals surface area contributed by atoms with Crippen molar-refractivity contribution in [2.45, 2.75) is 20.5 Å². The number of aldehydes is 1. The minimum Gasteiger partial charge on any atom is -0.482 e. The first-order valence-electron chi connectivity index (χ1n) is 6.83. The molecule has 3 rings (SSSR count). The van der Waals surface area contributed by atoms with E-state index in [2.05, 4.69) is 15.3 Å². The second kappa shape index (κ2) is 6.19. The molecule has 9 heteroatoms. The Kier molecular flexibility index (Phi) is 4.07. The van der Waals surface area contributed by atoms with Crippen LogP contribution in [0.4, 0.5) is 8.78 Å². The molecule has 0 aliphatic rings. The third-order valence-corrected chi connectivity index (χ3v) is 3.28. The number of nitrogens with zero attached hydrogens (tertiary/aromatic N) is 3. The van der Waals surface area contributed by atoms with E-state index in [1.165, 1.54) is 0 Å². The number of aryl methyl sites for hydroxylation is 2. The summed E-state index contributed by atoms with van der Waals surface area (Å²) in [5, 5.41) is 7.49. The highest BCUT2D eigenvalue weighted by Crippen LogP contribution is 2.26. The first-order chi connectivity index (χ1) is 11.5. The van der Waals surface area contributed by atoms with E-state index in [4.69, 9.17) is 13.8 Å². The number of carbonyl (C=O) groups is 1. The summed E-state index contributed by atoms with van der Waals surface area (Å²) in [6, 6.07) is 2.01. The van der Waals surface area contributed by atoms with Crippen molar-refractivity contribution in [2.75, 3.05) is 0 Å². The van der Waals surface area contributed by atoms with Crippen LogP contribution >= 0.6 is 0 Å². The normalized spacial score (nSPS) is 10.8. The van der Waals surface area contributed by atoms with E-state index < -0.39 is 17.2 Å². The van der Waals surface area contributed by atoms with Crippen molar-refractivity contribution in [3.8, 4) is 17.2 Å². The van der Waals surface area contributed by atoms with Crippen LogP contribution in [-0.2, 0) is 6.61 Å². The summed E-state index contributed by atoms with van der Waals surface area (Å²) in [5.41, 5.74) is 0.464. The molecule has 24 heavy (non-hydrogen) atoms. The fourth-order valence-electron chi connectivity index (χ4n) is 2.11. The molecule has 0 fully saturated rings. The zero-order valence-corrected chi connectivity index (χ0v) is 12.7. The maximum absolute atomic E-state index is 13.9. The lowest BCUT2D eigenvalue weighted by Gasteiger charge is -2.06. The van der Waals surface area contributed by atoms with Crippen molar-refractivity contribution in [1.29, 1.82) is 0 Å². The van der Waals surface area contributed by atoms with Gasteiger partial charge in [-0.2, -0.15) is 4.98 Å². The number of benzene rings is 1. The Bertz CT molecular complexity index is 885. The highest BCUT2D eigenvalue weighted by Gasteiger charge is 2.19. The molecule has 0 N–H and O–H groups in total. The van der Waals surface area contributed by atoms with Gasteiger partial charge in [0.25, 0.3) is 5.89 Å². The fourth-order valence-corrected chi connectivity index (χ4v) is 2.11. The number of halogens is 2. The van der Waals surface area contributed by atoms with E-state index in [0.29, 0.717) is 17.0 Å². The van der Waals surface area contributed by atoms with Gasteiger partial charge in [-0.15, -0.1) is 0 Å². The van der Waals surface area contributed by atoms with Gasteiger partial charge in [0.2, 0.25) is 5.82 Å². The van der Waals surface area contributed by atoms with E-state index >= 15 is 0 Å². The van der Waals surface area contributed by atoms with E-state index in [-0.39, 0.29) is 30.4 Å². The number of carbonyl (C=O) groups excluding carboxylic acids is 1. The first kappa shape index (κ1) is 15.8. The van der Waals surface area contributed by atoms with E-state index in [0.717, 1.165) is 12.1 Å². The quantitative estimate of drug-likeness (QED) is 0.662. The average molecular weight is 335 g/mol. The topological polar surface area (TPSA) is 91.2 Å². The summed E-state index contributed by atoms with van der Waals surface area (Å²) in [6.07, 6.45) is 0.0848. The van der Waals surface area contributed by atoms with Crippen molar-refractivity contribution >= 4 is 6.29 Å². The van der Waals surface area contributed by atoms with Gasteiger partial charge in [0, 0.05) is 0 Å². The second-order valence-electron chi connectivity index (χ2n) is 4.89. The molecule has 1 aromatic carbocycles. The molecule has 124 valence electrons. The number of hydrogen-bond acceptors (Lipinski definition) is 7. The molecule has 2 heterocycles. The van der Waals surface area contributed by atoms with Crippen molar-refractivity contribution in [3.05, 3.63) is 46.6 Å². The highest BCUT2D eigenvalue weighted by atomic mass is 19.1. The highest BCUT2D eigenvalue weighted by molar-refractivity contribution is 5.76. The Morgan fingerprint density at radius 2 is 2.00 bits per heavy atom. The van der Waals surface area contributed by atoms with Crippen LogP contribution < -0.4 is 4.74 Å². The van der Waals surface area contributed by atoms with Gasteiger partial charge < -0.3 is 13.8 Å². The molecule has 0 saturated heterocycles. The van der Waals surface area contributed by atoms with Crippen LogP contribution in [0.5, 0.6) is 5.75 Å². The first-order valence-corrected chi connectivity index (χ1v) is 6.83. The monoisotopic (exact) mass is 335 g/mol. The Hall–Kier alpha value is -3.10. The summed E-state index contributed by atoms with van der Waals surface area (Å²) in [5.74, 6) is -1.49. The summed E-state index contributed by atoms with van der Waals surface area (Å²) >= 11 is 0. The maximum Gasteiger partial charge on any atom is 0.263 e. The molecule has 0 aliphatic carbocycles. The van der Waals surface area contributed by atoms with Gasteiger partial charge in [-0.05, 0) is 26.0 Å². The lowest BCUT2D eigenvalue weighted by atomic mass is 10.2. The molecule has 0 amide bonds. The van der Waals surface area contributed by atoms with Crippen LogP contribution in [0.3, 0.4) is 0 Å². The molecule has 2 aromatic heterocycles. The van der Waals surface area contributed by atoms with Gasteiger partial charge in [0.15, 0.2) is 24.5 Å². The maximum atomic E-state index is 13.9. The van der Waals surface area contributed by atoms with E-state index in [1.54, 1.807) is 13.8 Å². The molecule has 0 radical (unpaired) electrons. The third-order valence-electron chi connectivity index (χ3n) is 3.28. The van der Waals surface area contributed by atoms with E-state index in [1.807, 2.05) is 0 Å². The zero-order valence-electron chi connectivity index (χ0n) is 12.7. The molecule has 0 spiro atoms. The van der Waals surface area contributed by atoms with Gasteiger partial charge >= 0.3 is 0 Å². The third kappa shape index (κ3) is 2.75. The minimum absolute atomic E-state index is 0.0848. The Labute approximate surface area is 134 Å². The predicted octanol–water partition coefficient (Wildman–Crippen LogP) is 3.01. The Balaban J connectivity index is 1.78. The molecule has 0 bridgehead atoms. The van der Waals surface area contributed by atoms with Crippen LogP contribution in [0.2, 0.25) is 0 Å². The van der Waals surface area contributed by atoms with Crippen molar-refractivity contribution in [1.82, 2.24) is 15.3 Å². The molecule has 3 aromatic rings. The van der Waals surface area contributed by atoms with Crippen molar-refractivity contribution < 1.29 is 27.4 Å². The fraction of sp³-hybridized carbons (Fsp3) is 0.200. The summed E-state index contributed by atoms with van der Waals surface area (Å²) in [4.78, 5) is 14.8. The number of ether oxygens (including phenoxy) is 1. The Morgan fingerprint density at radius 1 is 1.21 bits per heavy atom. The lowest BCUT2D eigenvalue weighted by molar-refractivity contribution is 0.111. The van der Waals surface area contributed by atoms with Gasteiger partial charge in [-0.1, -0.05) is 10.3 Å². The summed E-state index contributed by atoms with van der Waals surface area (Å²) in [6.45, 7) is 3.19. The van der Waals surface area contributed by atoms with Gasteiger partial charge in [-0.25, -0.2) is 8.78 Å². The summed E-state index contributed by atoms with van der Waals surface area (Å²) < 4.78 is 42.4. The SMILES string of the molecule is Cc1noc(C)c1-c1nc(COc2ccc(F)c(C=O)c2F)no1. The minimum atomic E-state index is -1.08. The molecule has 7 nitrogen and oxygen atoms in total. The smallest absolute Gasteiger partial charge is 0.263 e. The van der Waals surface area contributed by atoms with Crippen LogP contribution in [0.15, 0.2) is 21.2 Å². The largest absolute Gasteiger partial charge is 0.482 e.